The predicted octanol–water partition coefficient (Wildman–Crippen LogP) is 2.60. The third-order valence-corrected chi connectivity index (χ3v) is 4.58. The molecular formula is C16H17FN2O5S. The number of ether oxygens (including phenoxy) is 2. The molecule has 0 spiro atoms. The van der Waals surface area contributed by atoms with Gasteiger partial charge in [-0.1, -0.05) is 0 Å². The van der Waals surface area contributed by atoms with Crippen LogP contribution in [-0.4, -0.2) is 28.5 Å². The highest BCUT2D eigenvalue weighted by atomic mass is 32.2. The van der Waals surface area contributed by atoms with Crippen molar-refractivity contribution in [3.63, 3.8) is 0 Å². The van der Waals surface area contributed by atoms with Crippen LogP contribution >= 0.6 is 0 Å². The number of hydrogen-bond donors (Lipinski definition) is 2. The molecule has 7 nitrogen and oxygen atoms in total. The van der Waals surface area contributed by atoms with Gasteiger partial charge in [-0.3, -0.25) is 9.52 Å². The molecular weight excluding hydrogens is 351 g/mol. The summed E-state index contributed by atoms with van der Waals surface area (Å²) in [6, 6.07) is 7.78. The number of benzene rings is 2. The molecule has 0 aliphatic heterocycles. The Labute approximate surface area is 144 Å². The molecule has 0 unspecified atom stereocenters. The maximum Gasteiger partial charge on any atom is 0.265 e. The van der Waals surface area contributed by atoms with E-state index >= 15 is 0 Å². The first-order chi connectivity index (χ1) is 11.8. The normalized spacial score (nSPS) is 10.9. The number of anilines is 2. The molecule has 2 N–H and O–H groups in total. The van der Waals surface area contributed by atoms with Crippen molar-refractivity contribution in [2.45, 2.75) is 11.8 Å². The Morgan fingerprint density at radius 3 is 2.40 bits per heavy atom. The molecule has 25 heavy (non-hydrogen) atoms. The van der Waals surface area contributed by atoms with E-state index < -0.39 is 15.8 Å². The minimum absolute atomic E-state index is 0.0757. The first-order valence-corrected chi connectivity index (χ1v) is 8.57. The molecule has 134 valence electrons. The first kappa shape index (κ1) is 18.5. The van der Waals surface area contributed by atoms with Crippen molar-refractivity contribution in [2.75, 3.05) is 24.3 Å². The minimum Gasteiger partial charge on any atom is -0.497 e. The average Bonchev–Trinajstić information content (AvgIpc) is 2.56. The smallest absolute Gasteiger partial charge is 0.265 e. The fourth-order valence-electron chi connectivity index (χ4n) is 2.08. The fourth-order valence-corrected chi connectivity index (χ4v) is 3.32. The second-order valence-electron chi connectivity index (χ2n) is 5.00. The summed E-state index contributed by atoms with van der Waals surface area (Å²) in [6.07, 6.45) is 0. The molecule has 1 amide bonds. The number of hydrogen-bond acceptors (Lipinski definition) is 5. The zero-order valence-electron chi connectivity index (χ0n) is 13.8. The third kappa shape index (κ3) is 4.38. The van der Waals surface area contributed by atoms with Crippen LogP contribution in [0.5, 0.6) is 11.5 Å². The van der Waals surface area contributed by atoms with Crippen LogP contribution in [-0.2, 0) is 14.8 Å². The molecule has 0 fully saturated rings. The maximum atomic E-state index is 14.0. The lowest BCUT2D eigenvalue weighted by molar-refractivity contribution is -0.114. The van der Waals surface area contributed by atoms with Crippen LogP contribution in [0.2, 0.25) is 0 Å². The van der Waals surface area contributed by atoms with E-state index in [0.29, 0.717) is 5.75 Å². The van der Waals surface area contributed by atoms with Gasteiger partial charge in [0, 0.05) is 18.7 Å². The van der Waals surface area contributed by atoms with Crippen LogP contribution < -0.4 is 19.5 Å². The average molecular weight is 368 g/mol. The Morgan fingerprint density at radius 1 is 1.08 bits per heavy atom. The second-order valence-corrected chi connectivity index (χ2v) is 6.65. The van der Waals surface area contributed by atoms with Gasteiger partial charge in [-0.15, -0.1) is 0 Å². The van der Waals surface area contributed by atoms with Crippen molar-refractivity contribution >= 4 is 27.3 Å². The number of methoxy groups -OCH3 is 2. The monoisotopic (exact) mass is 368 g/mol. The van der Waals surface area contributed by atoms with E-state index in [-0.39, 0.29) is 27.9 Å². The number of carbonyl (C=O) groups excluding carboxylic acids is 1. The molecule has 0 atom stereocenters. The lowest BCUT2D eigenvalue weighted by atomic mass is 10.2. The highest BCUT2D eigenvalue weighted by Crippen LogP contribution is 2.30. The molecule has 2 rings (SSSR count). The van der Waals surface area contributed by atoms with Gasteiger partial charge in [-0.05, 0) is 30.3 Å². The van der Waals surface area contributed by atoms with E-state index in [1.807, 2.05) is 0 Å². The molecule has 0 heterocycles. The summed E-state index contributed by atoms with van der Waals surface area (Å²) in [6.45, 7) is 1.29. The summed E-state index contributed by atoms with van der Waals surface area (Å²) in [4.78, 5) is 10.9. The quantitative estimate of drug-likeness (QED) is 0.817. The summed E-state index contributed by atoms with van der Waals surface area (Å²) in [5.41, 5.74) is -0.0552. The van der Waals surface area contributed by atoms with E-state index in [9.17, 15) is 17.6 Å². The van der Waals surface area contributed by atoms with Crippen molar-refractivity contribution in [3.05, 3.63) is 42.2 Å². The van der Waals surface area contributed by atoms with Crippen LogP contribution in [0.4, 0.5) is 15.8 Å². The summed E-state index contributed by atoms with van der Waals surface area (Å²) in [5, 5.41) is 2.45. The van der Waals surface area contributed by atoms with Crippen LogP contribution in [0.1, 0.15) is 6.92 Å². The lowest BCUT2D eigenvalue weighted by Gasteiger charge is -2.14. The Hall–Kier alpha value is -2.81. The highest BCUT2D eigenvalue weighted by molar-refractivity contribution is 7.92. The van der Waals surface area contributed by atoms with Gasteiger partial charge in [0.1, 0.15) is 22.2 Å². The molecule has 2 aromatic carbocycles. The van der Waals surface area contributed by atoms with E-state index in [1.165, 1.54) is 51.5 Å². The van der Waals surface area contributed by atoms with Gasteiger partial charge < -0.3 is 14.8 Å². The molecule has 0 aliphatic carbocycles. The predicted molar refractivity (Wildman–Crippen MR) is 91.1 cm³/mol. The van der Waals surface area contributed by atoms with E-state index in [4.69, 9.17) is 9.47 Å². The summed E-state index contributed by atoms with van der Waals surface area (Å²) in [5.74, 6) is -0.783. The van der Waals surface area contributed by atoms with Gasteiger partial charge in [0.25, 0.3) is 10.0 Å². The Bertz CT molecular complexity index is 899. The van der Waals surface area contributed by atoms with Gasteiger partial charge in [0.05, 0.1) is 19.9 Å². The Kier molecular flexibility index (Phi) is 5.48. The molecule has 2 aromatic rings. The Balaban J connectivity index is 2.44. The van der Waals surface area contributed by atoms with Crippen molar-refractivity contribution in [3.8, 4) is 11.5 Å². The standard InChI is InChI=1S/C16H17FN2O5S/c1-10(20)18-11-4-6-13(17)14(8-11)19-25(21,22)16-9-12(23-2)5-7-15(16)24-3/h4-9,19H,1-3H3,(H,18,20). The highest BCUT2D eigenvalue weighted by Gasteiger charge is 2.22. The molecule has 0 bridgehead atoms. The van der Waals surface area contributed by atoms with Crippen molar-refractivity contribution in [2.24, 2.45) is 0 Å². The summed E-state index contributed by atoms with van der Waals surface area (Å²) in [7, 11) is -1.45. The first-order valence-electron chi connectivity index (χ1n) is 7.09. The Morgan fingerprint density at radius 2 is 1.80 bits per heavy atom. The van der Waals surface area contributed by atoms with Gasteiger partial charge in [-0.2, -0.15) is 0 Å². The zero-order chi connectivity index (χ0) is 18.6. The number of nitrogens with one attached hydrogen (secondary N) is 2. The molecule has 0 aromatic heterocycles. The fraction of sp³-hybridized carbons (Fsp3) is 0.188. The van der Waals surface area contributed by atoms with Crippen LogP contribution in [0.15, 0.2) is 41.3 Å². The third-order valence-electron chi connectivity index (χ3n) is 3.19. The van der Waals surface area contributed by atoms with Crippen molar-refractivity contribution < 1.29 is 27.1 Å². The summed E-state index contributed by atoms with van der Waals surface area (Å²) >= 11 is 0. The van der Waals surface area contributed by atoms with Gasteiger partial charge in [0.15, 0.2) is 0 Å². The number of halogens is 1. The number of rotatable bonds is 6. The number of amides is 1. The molecule has 0 aliphatic rings. The van der Waals surface area contributed by atoms with Crippen molar-refractivity contribution in [1.29, 1.82) is 0 Å². The molecule has 0 saturated heterocycles. The molecule has 9 heteroatoms. The van der Waals surface area contributed by atoms with Gasteiger partial charge in [0.2, 0.25) is 5.91 Å². The molecule has 0 radical (unpaired) electrons. The SMILES string of the molecule is COc1ccc(OC)c(S(=O)(=O)Nc2cc(NC(C)=O)ccc2F)c1. The van der Waals surface area contributed by atoms with Crippen LogP contribution in [0.25, 0.3) is 0 Å². The van der Waals surface area contributed by atoms with Gasteiger partial charge >= 0.3 is 0 Å². The van der Waals surface area contributed by atoms with Crippen LogP contribution in [0.3, 0.4) is 0 Å². The van der Waals surface area contributed by atoms with Crippen LogP contribution in [0, 0.1) is 5.82 Å². The summed E-state index contributed by atoms with van der Waals surface area (Å²) < 4.78 is 51.5. The van der Waals surface area contributed by atoms with Crippen molar-refractivity contribution in [1.82, 2.24) is 0 Å². The number of carbonyl (C=O) groups is 1. The van der Waals surface area contributed by atoms with E-state index in [0.717, 1.165) is 6.07 Å². The zero-order valence-corrected chi connectivity index (χ0v) is 14.6. The molecule has 0 saturated carbocycles. The number of sulfonamides is 1. The largest absolute Gasteiger partial charge is 0.497 e. The minimum atomic E-state index is -4.16. The van der Waals surface area contributed by atoms with E-state index in [2.05, 4.69) is 10.0 Å². The van der Waals surface area contributed by atoms with Gasteiger partial charge in [-0.25, -0.2) is 12.8 Å². The maximum absolute atomic E-state index is 14.0. The lowest BCUT2D eigenvalue weighted by Crippen LogP contribution is -2.16. The topological polar surface area (TPSA) is 93.7 Å². The van der Waals surface area contributed by atoms with E-state index in [1.54, 1.807) is 0 Å². The second kappa shape index (κ2) is 7.39.